The van der Waals surface area contributed by atoms with Crippen LogP contribution in [0.2, 0.25) is 0 Å². The summed E-state index contributed by atoms with van der Waals surface area (Å²) in [7, 11) is 0. The molecule has 1 aliphatic heterocycles. The van der Waals surface area contributed by atoms with Crippen molar-refractivity contribution in [3.8, 4) is 12.3 Å². The number of hydrogen-bond acceptors (Lipinski definition) is 2. The van der Waals surface area contributed by atoms with Crippen LogP contribution < -0.4 is 10.6 Å². The fraction of sp³-hybridized carbons (Fsp3) is 0.357. The maximum absolute atomic E-state index is 11.6. The van der Waals surface area contributed by atoms with Gasteiger partial charge in [0.25, 0.3) is 0 Å². The fourth-order valence-electron chi connectivity index (χ4n) is 2.06. The Hall–Kier alpha value is -1.99. The van der Waals surface area contributed by atoms with Crippen molar-refractivity contribution in [3.05, 3.63) is 35.9 Å². The molecule has 1 aromatic carbocycles. The highest BCUT2D eigenvalue weighted by molar-refractivity contribution is 5.74. The van der Waals surface area contributed by atoms with Gasteiger partial charge >= 0.3 is 6.03 Å². The quantitative estimate of drug-likeness (QED) is 0.791. The minimum absolute atomic E-state index is 0.00910. The van der Waals surface area contributed by atoms with Gasteiger partial charge in [0, 0.05) is 6.61 Å². The van der Waals surface area contributed by atoms with Crippen LogP contribution in [0.5, 0.6) is 0 Å². The highest BCUT2D eigenvalue weighted by atomic mass is 16.5. The molecular formula is C14H16N2O2. The van der Waals surface area contributed by atoms with Crippen LogP contribution in [0.15, 0.2) is 30.3 Å². The van der Waals surface area contributed by atoms with Crippen LogP contribution in [-0.2, 0) is 4.74 Å². The van der Waals surface area contributed by atoms with Crippen molar-refractivity contribution in [1.29, 1.82) is 0 Å². The summed E-state index contributed by atoms with van der Waals surface area (Å²) in [5.74, 6) is 2.36. The van der Waals surface area contributed by atoms with E-state index in [2.05, 4.69) is 16.6 Å². The smallest absolute Gasteiger partial charge is 0.315 e. The average molecular weight is 244 g/mol. The first kappa shape index (κ1) is 12.5. The van der Waals surface area contributed by atoms with E-state index in [9.17, 15) is 4.79 Å². The van der Waals surface area contributed by atoms with E-state index in [1.807, 2.05) is 30.3 Å². The zero-order valence-corrected chi connectivity index (χ0v) is 10.1. The van der Waals surface area contributed by atoms with Crippen molar-refractivity contribution in [2.24, 2.45) is 0 Å². The monoisotopic (exact) mass is 244 g/mol. The molecule has 2 N–H and O–H groups in total. The van der Waals surface area contributed by atoms with Crippen molar-refractivity contribution in [2.75, 3.05) is 13.2 Å². The number of ether oxygens (including phenoxy) is 1. The number of benzene rings is 1. The summed E-state index contributed by atoms with van der Waals surface area (Å²) in [4.78, 5) is 11.6. The second-order valence-corrected chi connectivity index (χ2v) is 4.13. The third kappa shape index (κ3) is 3.02. The summed E-state index contributed by atoms with van der Waals surface area (Å²) in [5, 5.41) is 5.48. The van der Waals surface area contributed by atoms with Crippen LogP contribution >= 0.6 is 0 Å². The van der Waals surface area contributed by atoms with Gasteiger partial charge in [0.1, 0.15) is 6.10 Å². The highest BCUT2D eigenvalue weighted by Crippen LogP contribution is 2.28. The maximum Gasteiger partial charge on any atom is 0.315 e. The molecule has 0 aromatic heterocycles. The van der Waals surface area contributed by atoms with E-state index >= 15 is 0 Å². The molecule has 2 rings (SSSR count). The first-order valence-electron chi connectivity index (χ1n) is 5.95. The van der Waals surface area contributed by atoms with Gasteiger partial charge in [-0.2, -0.15) is 0 Å². The predicted octanol–water partition coefficient (Wildman–Crippen LogP) is 1.45. The molecule has 4 heteroatoms. The zero-order chi connectivity index (χ0) is 12.8. The molecule has 0 spiro atoms. The number of carbonyl (C=O) groups is 1. The van der Waals surface area contributed by atoms with E-state index in [0.717, 1.165) is 12.0 Å². The first-order chi connectivity index (χ1) is 8.81. The lowest BCUT2D eigenvalue weighted by Gasteiger charge is -2.20. The minimum atomic E-state index is -0.246. The van der Waals surface area contributed by atoms with Crippen LogP contribution in [-0.4, -0.2) is 25.2 Å². The van der Waals surface area contributed by atoms with Gasteiger partial charge in [0.2, 0.25) is 0 Å². The number of nitrogens with one attached hydrogen (secondary N) is 2. The summed E-state index contributed by atoms with van der Waals surface area (Å²) in [6.07, 6.45) is 5.81. The summed E-state index contributed by atoms with van der Waals surface area (Å²) >= 11 is 0. The first-order valence-corrected chi connectivity index (χ1v) is 5.95. The normalized spacial score (nSPS) is 22.2. The molecule has 1 heterocycles. The number of hydrogen-bond donors (Lipinski definition) is 2. The van der Waals surface area contributed by atoms with Gasteiger partial charge in [0.05, 0.1) is 12.6 Å². The second kappa shape index (κ2) is 6.08. The molecule has 94 valence electrons. The van der Waals surface area contributed by atoms with Crippen LogP contribution in [0, 0.1) is 12.3 Å². The molecule has 18 heavy (non-hydrogen) atoms. The standard InChI is InChI=1S/C14H16N2O2/c1-2-9-15-14(17)16-12-8-10-18-13(12)11-6-4-3-5-7-11/h1,3-7,12-13H,8-10H2,(H2,15,16,17)/t12-,13-/m1/s1. The maximum atomic E-state index is 11.6. The van der Waals surface area contributed by atoms with Crippen molar-refractivity contribution in [2.45, 2.75) is 18.6 Å². The number of carbonyl (C=O) groups excluding carboxylic acids is 1. The Balaban J connectivity index is 1.96. The van der Waals surface area contributed by atoms with Gasteiger partial charge in [-0.1, -0.05) is 36.3 Å². The molecule has 0 aliphatic carbocycles. The molecule has 2 atom stereocenters. The number of terminal acetylenes is 1. The summed E-state index contributed by atoms with van der Waals surface area (Å²) < 4.78 is 5.67. The third-order valence-electron chi connectivity index (χ3n) is 2.89. The summed E-state index contributed by atoms with van der Waals surface area (Å²) in [6.45, 7) is 0.884. The van der Waals surface area contributed by atoms with Gasteiger partial charge in [-0.15, -0.1) is 6.42 Å². The van der Waals surface area contributed by atoms with Crippen molar-refractivity contribution in [1.82, 2.24) is 10.6 Å². The van der Waals surface area contributed by atoms with Gasteiger partial charge in [-0.3, -0.25) is 0 Å². The largest absolute Gasteiger partial charge is 0.371 e. The van der Waals surface area contributed by atoms with E-state index in [1.165, 1.54) is 0 Å². The van der Waals surface area contributed by atoms with E-state index < -0.39 is 0 Å². The van der Waals surface area contributed by atoms with E-state index in [4.69, 9.17) is 11.2 Å². The Morgan fingerprint density at radius 3 is 2.94 bits per heavy atom. The lowest BCUT2D eigenvalue weighted by molar-refractivity contribution is 0.1000. The van der Waals surface area contributed by atoms with Crippen molar-refractivity contribution in [3.63, 3.8) is 0 Å². The van der Waals surface area contributed by atoms with Gasteiger partial charge in [-0.05, 0) is 12.0 Å². The molecule has 1 aromatic rings. The molecule has 1 saturated heterocycles. The topological polar surface area (TPSA) is 50.4 Å². The number of rotatable bonds is 3. The summed E-state index contributed by atoms with van der Waals surface area (Å²) in [6, 6.07) is 9.64. The molecule has 0 saturated carbocycles. The van der Waals surface area contributed by atoms with Crippen LogP contribution in [0.25, 0.3) is 0 Å². The molecule has 2 amide bonds. The Morgan fingerprint density at radius 1 is 1.44 bits per heavy atom. The molecule has 0 unspecified atom stereocenters. The van der Waals surface area contributed by atoms with Crippen molar-refractivity contribution < 1.29 is 9.53 Å². The molecule has 0 bridgehead atoms. The molecule has 4 nitrogen and oxygen atoms in total. The zero-order valence-electron chi connectivity index (χ0n) is 10.1. The number of urea groups is 1. The van der Waals surface area contributed by atoms with Gasteiger partial charge < -0.3 is 15.4 Å². The Kier molecular flexibility index (Phi) is 4.21. The molecule has 0 radical (unpaired) electrons. The van der Waals surface area contributed by atoms with E-state index in [-0.39, 0.29) is 24.7 Å². The SMILES string of the molecule is C#CCNC(=O)N[C@@H]1CCO[C@@H]1c1ccccc1. The fourth-order valence-corrected chi connectivity index (χ4v) is 2.06. The summed E-state index contributed by atoms with van der Waals surface area (Å²) in [5.41, 5.74) is 1.08. The Bertz CT molecular complexity index is 439. The molecule has 1 fully saturated rings. The average Bonchev–Trinajstić information content (AvgIpc) is 2.85. The predicted molar refractivity (Wildman–Crippen MR) is 68.9 cm³/mol. The van der Waals surface area contributed by atoms with Crippen LogP contribution in [0.3, 0.4) is 0 Å². The lowest BCUT2D eigenvalue weighted by atomic mass is 10.0. The van der Waals surface area contributed by atoms with E-state index in [0.29, 0.717) is 6.61 Å². The van der Waals surface area contributed by atoms with Gasteiger partial charge in [-0.25, -0.2) is 4.79 Å². The minimum Gasteiger partial charge on any atom is -0.371 e. The molecular weight excluding hydrogens is 228 g/mol. The van der Waals surface area contributed by atoms with Crippen LogP contribution in [0.1, 0.15) is 18.1 Å². The molecule has 1 aliphatic rings. The highest BCUT2D eigenvalue weighted by Gasteiger charge is 2.30. The van der Waals surface area contributed by atoms with Crippen LogP contribution in [0.4, 0.5) is 4.79 Å². The third-order valence-corrected chi connectivity index (χ3v) is 2.89. The van der Waals surface area contributed by atoms with Crippen molar-refractivity contribution >= 4 is 6.03 Å². The van der Waals surface area contributed by atoms with Gasteiger partial charge in [0.15, 0.2) is 0 Å². The van der Waals surface area contributed by atoms with E-state index in [1.54, 1.807) is 0 Å². The Labute approximate surface area is 107 Å². The second-order valence-electron chi connectivity index (χ2n) is 4.13. The number of amides is 2. The lowest BCUT2D eigenvalue weighted by Crippen LogP contribution is -2.43. The Morgan fingerprint density at radius 2 is 2.22 bits per heavy atom.